The van der Waals surface area contributed by atoms with Crippen molar-refractivity contribution in [3.63, 3.8) is 0 Å². The Bertz CT molecular complexity index is 457. The van der Waals surface area contributed by atoms with Gasteiger partial charge < -0.3 is 5.11 Å². The second-order valence-electron chi connectivity index (χ2n) is 3.54. The Morgan fingerprint density at radius 2 is 2.07 bits per heavy atom. The van der Waals surface area contributed by atoms with Crippen LogP contribution >= 0.6 is 11.3 Å². The molecule has 0 atom stereocenters. The fourth-order valence-corrected chi connectivity index (χ4v) is 2.82. The van der Waals surface area contributed by atoms with Gasteiger partial charge >= 0.3 is 0 Å². The number of rotatable bonds is 2. The van der Waals surface area contributed by atoms with Gasteiger partial charge in [0.1, 0.15) is 0 Å². The van der Waals surface area contributed by atoms with Gasteiger partial charge in [0, 0.05) is 9.58 Å². The van der Waals surface area contributed by atoms with E-state index in [-0.39, 0.29) is 6.61 Å². The minimum atomic E-state index is 0.139. The highest BCUT2D eigenvalue weighted by Gasteiger charge is 2.05. The fraction of sp³-hybridized carbons (Fsp3) is 0.333. The van der Waals surface area contributed by atoms with E-state index >= 15 is 0 Å². The molecule has 1 heterocycles. The third-order valence-electron chi connectivity index (χ3n) is 2.47. The van der Waals surface area contributed by atoms with Crippen molar-refractivity contribution in [2.24, 2.45) is 0 Å². The minimum Gasteiger partial charge on any atom is -0.392 e. The van der Waals surface area contributed by atoms with Crippen LogP contribution in [0.2, 0.25) is 0 Å². The van der Waals surface area contributed by atoms with Crippen LogP contribution in [0, 0.1) is 6.92 Å². The number of hydrogen-bond acceptors (Lipinski definition) is 2. The van der Waals surface area contributed by atoms with Crippen molar-refractivity contribution >= 4 is 21.4 Å². The molecule has 1 nitrogen and oxygen atoms in total. The maximum atomic E-state index is 9.13. The summed E-state index contributed by atoms with van der Waals surface area (Å²) in [6.45, 7) is 4.42. The molecule has 1 aromatic carbocycles. The van der Waals surface area contributed by atoms with Crippen LogP contribution in [0.25, 0.3) is 10.1 Å². The zero-order valence-corrected chi connectivity index (χ0v) is 9.32. The summed E-state index contributed by atoms with van der Waals surface area (Å²) in [5, 5.41) is 10.5. The van der Waals surface area contributed by atoms with Crippen molar-refractivity contribution in [3.8, 4) is 0 Å². The number of hydrogen-bond donors (Lipinski definition) is 1. The van der Waals surface area contributed by atoms with Crippen LogP contribution in [0.15, 0.2) is 18.2 Å². The summed E-state index contributed by atoms with van der Waals surface area (Å²) in [5.41, 5.74) is 2.37. The molecule has 0 unspecified atom stereocenters. The van der Waals surface area contributed by atoms with Crippen LogP contribution in [-0.4, -0.2) is 5.11 Å². The van der Waals surface area contributed by atoms with Gasteiger partial charge in [-0.3, -0.25) is 0 Å². The Balaban J connectivity index is 2.72. The number of benzene rings is 1. The predicted octanol–water partition coefficient (Wildman–Crippen LogP) is 3.26. The van der Waals surface area contributed by atoms with Gasteiger partial charge in [-0.1, -0.05) is 13.0 Å². The monoisotopic (exact) mass is 206 g/mol. The molecule has 0 amide bonds. The topological polar surface area (TPSA) is 20.2 Å². The molecule has 74 valence electrons. The molecule has 0 aliphatic heterocycles. The van der Waals surface area contributed by atoms with Gasteiger partial charge in [0.05, 0.1) is 6.61 Å². The predicted molar refractivity (Wildman–Crippen MR) is 61.9 cm³/mol. The molecule has 1 N–H and O–H groups in total. The average molecular weight is 206 g/mol. The van der Waals surface area contributed by atoms with E-state index in [1.165, 1.54) is 20.5 Å². The third kappa shape index (κ3) is 1.56. The van der Waals surface area contributed by atoms with Gasteiger partial charge in [0.15, 0.2) is 0 Å². The van der Waals surface area contributed by atoms with E-state index in [1.54, 1.807) is 11.3 Å². The molecule has 2 aromatic rings. The molecule has 0 spiro atoms. The molecule has 0 fully saturated rings. The summed E-state index contributed by atoms with van der Waals surface area (Å²) < 4.78 is 1.30. The molecule has 0 bridgehead atoms. The number of aliphatic hydroxyl groups excluding tert-OH is 1. The number of aryl methyl sites for hydroxylation is 2. The normalized spacial score (nSPS) is 11.1. The van der Waals surface area contributed by atoms with E-state index in [0.29, 0.717) is 0 Å². The van der Waals surface area contributed by atoms with Gasteiger partial charge in [0.25, 0.3) is 0 Å². The van der Waals surface area contributed by atoms with Crippen LogP contribution in [-0.2, 0) is 13.0 Å². The second-order valence-corrected chi connectivity index (χ2v) is 4.82. The van der Waals surface area contributed by atoms with Crippen molar-refractivity contribution < 1.29 is 5.11 Å². The van der Waals surface area contributed by atoms with E-state index in [4.69, 9.17) is 5.11 Å². The first kappa shape index (κ1) is 9.69. The molecule has 2 rings (SSSR count). The van der Waals surface area contributed by atoms with Crippen LogP contribution in [0.4, 0.5) is 0 Å². The first-order valence-corrected chi connectivity index (χ1v) is 5.69. The smallest absolute Gasteiger partial charge is 0.0682 e. The number of fused-ring (bicyclic) bond motifs is 1. The first-order valence-electron chi connectivity index (χ1n) is 4.87. The van der Waals surface area contributed by atoms with E-state index < -0.39 is 0 Å². The molecule has 2 heteroatoms. The largest absolute Gasteiger partial charge is 0.392 e. The molecule has 0 aliphatic carbocycles. The van der Waals surface area contributed by atoms with Crippen molar-refractivity contribution in [1.82, 2.24) is 0 Å². The van der Waals surface area contributed by atoms with Gasteiger partial charge in [0.2, 0.25) is 0 Å². The zero-order valence-electron chi connectivity index (χ0n) is 8.50. The number of aliphatic hydroxyl groups is 1. The average Bonchev–Trinajstić information content (AvgIpc) is 2.56. The Morgan fingerprint density at radius 1 is 1.29 bits per heavy atom. The van der Waals surface area contributed by atoms with Gasteiger partial charge in [-0.25, -0.2) is 0 Å². The molecule has 14 heavy (non-hydrogen) atoms. The summed E-state index contributed by atoms with van der Waals surface area (Å²) in [6, 6.07) is 6.43. The zero-order chi connectivity index (χ0) is 10.1. The summed E-state index contributed by atoms with van der Waals surface area (Å²) in [4.78, 5) is 1.34. The van der Waals surface area contributed by atoms with Gasteiger partial charge in [-0.05, 0) is 42.0 Å². The van der Waals surface area contributed by atoms with Crippen molar-refractivity contribution in [1.29, 1.82) is 0 Å². The van der Waals surface area contributed by atoms with Crippen molar-refractivity contribution in [2.45, 2.75) is 26.9 Å². The summed E-state index contributed by atoms with van der Waals surface area (Å²) in [5.74, 6) is 0. The number of thiophene rings is 1. The molecule has 0 saturated heterocycles. The van der Waals surface area contributed by atoms with E-state index in [9.17, 15) is 0 Å². The standard InChI is InChI=1S/C12H14OS/c1-3-10-5-9(7-13)6-12-11(10)4-8(2)14-12/h4-6,13H,3,7H2,1-2H3. The van der Waals surface area contributed by atoms with Crippen LogP contribution < -0.4 is 0 Å². The molecule has 1 aromatic heterocycles. The summed E-state index contributed by atoms with van der Waals surface area (Å²) >= 11 is 1.80. The third-order valence-corrected chi connectivity index (χ3v) is 3.47. The van der Waals surface area contributed by atoms with E-state index in [2.05, 4.69) is 32.0 Å². The van der Waals surface area contributed by atoms with Crippen LogP contribution in [0.1, 0.15) is 22.9 Å². The van der Waals surface area contributed by atoms with E-state index in [0.717, 1.165) is 12.0 Å². The van der Waals surface area contributed by atoms with Crippen molar-refractivity contribution in [2.75, 3.05) is 0 Å². The van der Waals surface area contributed by atoms with Crippen LogP contribution in [0.3, 0.4) is 0 Å². The lowest BCUT2D eigenvalue weighted by Gasteiger charge is -2.02. The molecular formula is C12H14OS. The molecule has 0 radical (unpaired) electrons. The SMILES string of the molecule is CCc1cc(CO)cc2sc(C)cc12. The van der Waals surface area contributed by atoms with Gasteiger partial charge in [-0.2, -0.15) is 0 Å². The van der Waals surface area contributed by atoms with Gasteiger partial charge in [-0.15, -0.1) is 11.3 Å². The quantitative estimate of drug-likeness (QED) is 0.799. The van der Waals surface area contributed by atoms with Crippen LogP contribution in [0.5, 0.6) is 0 Å². The fourth-order valence-electron chi connectivity index (χ4n) is 1.79. The lowest BCUT2D eigenvalue weighted by molar-refractivity contribution is 0.282. The lowest BCUT2D eigenvalue weighted by Crippen LogP contribution is -1.87. The van der Waals surface area contributed by atoms with E-state index in [1.807, 2.05) is 0 Å². The highest BCUT2D eigenvalue weighted by molar-refractivity contribution is 7.19. The Kier molecular flexibility index (Phi) is 2.57. The molecule has 0 aliphatic rings. The first-order chi connectivity index (χ1) is 6.74. The van der Waals surface area contributed by atoms with Crippen molar-refractivity contribution in [3.05, 3.63) is 34.2 Å². The Labute approximate surface area is 88.0 Å². The minimum absolute atomic E-state index is 0.139. The maximum Gasteiger partial charge on any atom is 0.0682 e. The second kappa shape index (κ2) is 3.71. The lowest BCUT2D eigenvalue weighted by atomic mass is 10.0. The highest BCUT2D eigenvalue weighted by Crippen LogP contribution is 2.29. The molecular weight excluding hydrogens is 192 g/mol. The summed E-state index contributed by atoms with van der Waals surface area (Å²) in [6.07, 6.45) is 1.03. The molecule has 0 saturated carbocycles. The maximum absolute atomic E-state index is 9.13. The Hall–Kier alpha value is -0.860. The Morgan fingerprint density at radius 3 is 2.71 bits per heavy atom. The highest BCUT2D eigenvalue weighted by atomic mass is 32.1. The summed E-state index contributed by atoms with van der Waals surface area (Å²) in [7, 11) is 0.